The van der Waals surface area contributed by atoms with Crippen LogP contribution in [0.1, 0.15) is 17.2 Å². The zero-order chi connectivity index (χ0) is 17.1. The second kappa shape index (κ2) is 6.92. The Balaban J connectivity index is 1.82. The van der Waals surface area contributed by atoms with Crippen molar-refractivity contribution >= 4 is 0 Å². The third kappa shape index (κ3) is 3.35. The van der Waals surface area contributed by atoms with Gasteiger partial charge < -0.3 is 24.1 Å². The molecule has 0 fully saturated rings. The molecule has 0 saturated carbocycles. The van der Waals surface area contributed by atoms with E-state index in [-0.39, 0.29) is 19.0 Å². The van der Waals surface area contributed by atoms with Gasteiger partial charge in [0.15, 0.2) is 17.6 Å². The standard InChI is InChI=1S/C17H16F2O5/c1-21-13-6-10(8-20)7-14-16(13)24-15(9-22-14)11-2-4-12(5-3-11)23-17(18)19/h2-7,15,17,20H,8-9H2,1H3. The largest absolute Gasteiger partial charge is 0.493 e. The van der Waals surface area contributed by atoms with Gasteiger partial charge in [-0.2, -0.15) is 8.78 Å². The number of fused-ring (bicyclic) bond motifs is 1. The fraction of sp³-hybridized carbons (Fsp3) is 0.294. The van der Waals surface area contributed by atoms with Crippen molar-refractivity contribution in [1.29, 1.82) is 0 Å². The topological polar surface area (TPSA) is 57.2 Å². The summed E-state index contributed by atoms with van der Waals surface area (Å²) in [5, 5.41) is 9.26. The smallest absolute Gasteiger partial charge is 0.387 e. The maximum Gasteiger partial charge on any atom is 0.387 e. The molecule has 5 nitrogen and oxygen atoms in total. The van der Waals surface area contributed by atoms with Gasteiger partial charge in [0.25, 0.3) is 0 Å². The molecule has 2 aromatic carbocycles. The molecule has 0 amide bonds. The molecule has 7 heteroatoms. The number of halogens is 2. The van der Waals surface area contributed by atoms with E-state index in [4.69, 9.17) is 14.2 Å². The van der Waals surface area contributed by atoms with Crippen molar-refractivity contribution in [3.8, 4) is 23.0 Å². The first-order valence-corrected chi connectivity index (χ1v) is 7.26. The first-order chi connectivity index (χ1) is 11.6. The minimum atomic E-state index is -2.86. The third-order valence-corrected chi connectivity index (χ3v) is 3.61. The summed E-state index contributed by atoms with van der Waals surface area (Å²) in [6, 6.07) is 9.55. The Morgan fingerprint density at radius 3 is 2.62 bits per heavy atom. The number of ether oxygens (including phenoxy) is 4. The summed E-state index contributed by atoms with van der Waals surface area (Å²) in [7, 11) is 1.50. The van der Waals surface area contributed by atoms with Gasteiger partial charge in [0.1, 0.15) is 12.4 Å². The van der Waals surface area contributed by atoms with Crippen LogP contribution in [-0.4, -0.2) is 25.4 Å². The molecule has 0 aromatic heterocycles. The Morgan fingerprint density at radius 1 is 1.25 bits per heavy atom. The van der Waals surface area contributed by atoms with Crippen LogP contribution in [0, 0.1) is 0 Å². The normalized spacial score (nSPS) is 16.1. The fourth-order valence-electron chi connectivity index (χ4n) is 2.47. The second-order valence-corrected chi connectivity index (χ2v) is 5.15. The molecule has 1 heterocycles. The van der Waals surface area contributed by atoms with Crippen LogP contribution in [0.4, 0.5) is 8.78 Å². The molecule has 1 aliphatic rings. The summed E-state index contributed by atoms with van der Waals surface area (Å²) in [6.07, 6.45) is -0.410. The molecule has 0 radical (unpaired) electrons. The van der Waals surface area contributed by atoms with Crippen LogP contribution >= 0.6 is 0 Å². The fourth-order valence-corrected chi connectivity index (χ4v) is 2.47. The highest BCUT2D eigenvalue weighted by molar-refractivity contribution is 5.55. The van der Waals surface area contributed by atoms with E-state index in [0.717, 1.165) is 5.56 Å². The molecule has 3 rings (SSSR count). The molecular formula is C17H16F2O5. The Labute approximate surface area is 137 Å². The van der Waals surface area contributed by atoms with E-state index in [9.17, 15) is 13.9 Å². The predicted molar refractivity (Wildman–Crippen MR) is 80.9 cm³/mol. The van der Waals surface area contributed by atoms with E-state index in [0.29, 0.717) is 22.8 Å². The van der Waals surface area contributed by atoms with Gasteiger partial charge in [0.2, 0.25) is 5.75 Å². The molecule has 1 N–H and O–H groups in total. The van der Waals surface area contributed by atoms with Crippen molar-refractivity contribution < 1.29 is 32.8 Å². The van der Waals surface area contributed by atoms with Crippen molar-refractivity contribution in [3.63, 3.8) is 0 Å². The van der Waals surface area contributed by atoms with Gasteiger partial charge in [0, 0.05) is 0 Å². The predicted octanol–water partition coefficient (Wildman–Crippen LogP) is 3.30. The van der Waals surface area contributed by atoms with Crippen molar-refractivity contribution in [2.75, 3.05) is 13.7 Å². The molecule has 1 unspecified atom stereocenters. The molecule has 0 spiro atoms. The van der Waals surface area contributed by atoms with Gasteiger partial charge in [-0.15, -0.1) is 0 Å². The van der Waals surface area contributed by atoms with Crippen LogP contribution < -0.4 is 18.9 Å². The SMILES string of the molecule is COc1cc(CO)cc2c1OC(c1ccc(OC(F)F)cc1)CO2. The van der Waals surface area contributed by atoms with E-state index in [1.54, 1.807) is 24.3 Å². The Kier molecular flexibility index (Phi) is 4.71. The van der Waals surface area contributed by atoms with Gasteiger partial charge in [-0.1, -0.05) is 12.1 Å². The molecule has 0 aliphatic carbocycles. The number of aliphatic hydroxyl groups excluding tert-OH is 1. The monoisotopic (exact) mass is 338 g/mol. The number of rotatable bonds is 5. The maximum absolute atomic E-state index is 12.2. The number of alkyl halides is 2. The lowest BCUT2D eigenvalue weighted by molar-refractivity contribution is -0.0498. The number of aliphatic hydroxyl groups is 1. The molecule has 0 bridgehead atoms. The number of hydrogen-bond donors (Lipinski definition) is 1. The lowest BCUT2D eigenvalue weighted by atomic mass is 10.1. The van der Waals surface area contributed by atoms with Crippen LogP contribution in [-0.2, 0) is 6.61 Å². The number of benzene rings is 2. The summed E-state index contributed by atoms with van der Waals surface area (Å²) in [4.78, 5) is 0. The molecule has 2 aromatic rings. The lowest BCUT2D eigenvalue weighted by Gasteiger charge is -2.28. The van der Waals surface area contributed by atoms with Crippen LogP contribution in [0.25, 0.3) is 0 Å². The van der Waals surface area contributed by atoms with E-state index in [1.807, 2.05) is 0 Å². The van der Waals surface area contributed by atoms with Crippen molar-refractivity contribution in [2.45, 2.75) is 19.3 Å². The van der Waals surface area contributed by atoms with Gasteiger partial charge in [-0.25, -0.2) is 0 Å². The van der Waals surface area contributed by atoms with E-state index in [2.05, 4.69) is 4.74 Å². The summed E-state index contributed by atoms with van der Waals surface area (Å²) in [5.41, 5.74) is 1.41. The van der Waals surface area contributed by atoms with Crippen LogP contribution in [0.3, 0.4) is 0 Å². The third-order valence-electron chi connectivity index (χ3n) is 3.61. The highest BCUT2D eigenvalue weighted by Crippen LogP contribution is 2.44. The van der Waals surface area contributed by atoms with Gasteiger partial charge in [-0.05, 0) is 35.4 Å². The van der Waals surface area contributed by atoms with E-state index >= 15 is 0 Å². The molecule has 0 saturated heterocycles. The first kappa shape index (κ1) is 16.3. The van der Waals surface area contributed by atoms with Crippen LogP contribution in [0.2, 0.25) is 0 Å². The van der Waals surface area contributed by atoms with Gasteiger partial charge >= 0.3 is 6.61 Å². The number of hydrogen-bond acceptors (Lipinski definition) is 5. The first-order valence-electron chi connectivity index (χ1n) is 7.26. The molecular weight excluding hydrogens is 322 g/mol. The average molecular weight is 338 g/mol. The molecule has 24 heavy (non-hydrogen) atoms. The molecule has 128 valence electrons. The van der Waals surface area contributed by atoms with Crippen molar-refractivity contribution in [3.05, 3.63) is 47.5 Å². The van der Waals surface area contributed by atoms with Crippen LogP contribution in [0.5, 0.6) is 23.0 Å². The van der Waals surface area contributed by atoms with Gasteiger partial charge in [-0.3, -0.25) is 0 Å². The second-order valence-electron chi connectivity index (χ2n) is 5.15. The highest BCUT2D eigenvalue weighted by atomic mass is 19.3. The highest BCUT2D eigenvalue weighted by Gasteiger charge is 2.26. The Hall–Kier alpha value is -2.54. The van der Waals surface area contributed by atoms with Crippen molar-refractivity contribution in [1.82, 2.24) is 0 Å². The molecule has 1 aliphatic heterocycles. The summed E-state index contributed by atoms with van der Waals surface area (Å²) in [6.45, 7) is -2.75. The van der Waals surface area contributed by atoms with Crippen LogP contribution in [0.15, 0.2) is 36.4 Å². The summed E-state index contributed by atoms with van der Waals surface area (Å²) >= 11 is 0. The summed E-state index contributed by atoms with van der Waals surface area (Å²) in [5.74, 6) is 1.47. The lowest BCUT2D eigenvalue weighted by Crippen LogP contribution is -2.22. The average Bonchev–Trinajstić information content (AvgIpc) is 2.60. The van der Waals surface area contributed by atoms with Gasteiger partial charge in [0.05, 0.1) is 13.7 Å². The minimum Gasteiger partial charge on any atom is -0.493 e. The zero-order valence-electron chi connectivity index (χ0n) is 12.9. The zero-order valence-corrected chi connectivity index (χ0v) is 12.9. The minimum absolute atomic E-state index is 0.0797. The quantitative estimate of drug-likeness (QED) is 0.906. The maximum atomic E-state index is 12.2. The van der Waals surface area contributed by atoms with E-state index < -0.39 is 12.7 Å². The summed E-state index contributed by atoms with van der Waals surface area (Å²) < 4.78 is 45.6. The van der Waals surface area contributed by atoms with E-state index in [1.165, 1.54) is 19.2 Å². The Bertz CT molecular complexity index is 686. The Morgan fingerprint density at radius 2 is 2.00 bits per heavy atom. The van der Waals surface area contributed by atoms with Crippen molar-refractivity contribution in [2.24, 2.45) is 0 Å². The number of methoxy groups -OCH3 is 1. The molecule has 1 atom stereocenters.